The Bertz CT molecular complexity index is 378. The molecule has 0 spiro atoms. The largest absolute Gasteiger partial charge is 0.0840 e. The Morgan fingerprint density at radius 1 is 0.929 bits per heavy atom. The smallest absolute Gasteiger partial charge is 0.0441 e. The van der Waals surface area contributed by atoms with E-state index in [1.165, 1.54) is 10.8 Å². The lowest BCUT2D eigenvalue weighted by atomic mass is 10.1. The molecule has 0 nitrogen and oxygen atoms in total. The fourth-order valence-corrected chi connectivity index (χ4v) is 1.50. The van der Waals surface area contributed by atoms with Crippen LogP contribution >= 0.6 is 11.6 Å². The first-order valence-electron chi connectivity index (χ1n) is 4.92. The fourth-order valence-electron chi connectivity index (χ4n) is 1.33. The maximum atomic E-state index is 5.99. The van der Waals surface area contributed by atoms with Crippen LogP contribution in [0.4, 0.5) is 0 Å². The van der Waals surface area contributed by atoms with Gasteiger partial charge in [0.1, 0.15) is 0 Å². The summed E-state index contributed by atoms with van der Waals surface area (Å²) < 4.78 is 0. The molecule has 2 rings (SSSR count). The third-order valence-corrected chi connectivity index (χ3v) is 2.43. The van der Waals surface area contributed by atoms with Gasteiger partial charge < -0.3 is 0 Å². The van der Waals surface area contributed by atoms with Crippen molar-refractivity contribution in [3.63, 3.8) is 0 Å². The molecule has 0 atom stereocenters. The Morgan fingerprint density at radius 2 is 1.43 bits per heavy atom. The lowest BCUT2D eigenvalue weighted by molar-refractivity contribution is 1.50. The summed E-state index contributed by atoms with van der Waals surface area (Å²) in [7, 11) is 0. The van der Waals surface area contributed by atoms with Gasteiger partial charge in [-0.25, -0.2) is 0 Å². The molecule has 0 aromatic heterocycles. The van der Waals surface area contributed by atoms with E-state index in [1.807, 2.05) is 39.0 Å². The van der Waals surface area contributed by atoms with E-state index in [1.54, 1.807) is 0 Å². The zero-order chi connectivity index (χ0) is 10.6. The minimum Gasteiger partial charge on any atom is -0.0840 e. The van der Waals surface area contributed by atoms with Gasteiger partial charge in [-0.3, -0.25) is 0 Å². The minimum absolute atomic E-state index is 0.841. The molecule has 0 aliphatic carbocycles. The van der Waals surface area contributed by atoms with Crippen LogP contribution in [0.5, 0.6) is 0 Å². The molecule has 0 radical (unpaired) electrons. The van der Waals surface area contributed by atoms with Gasteiger partial charge in [-0.2, -0.15) is 0 Å². The average Bonchev–Trinajstić information content (AvgIpc) is 2.23. The maximum absolute atomic E-state index is 5.99. The normalized spacial score (nSPS) is 9.43. The Kier molecular flexibility index (Phi) is 3.97. The van der Waals surface area contributed by atoms with E-state index in [0.717, 1.165) is 10.6 Å². The number of hydrogen-bond donors (Lipinski definition) is 0. The van der Waals surface area contributed by atoms with Gasteiger partial charge in [0.2, 0.25) is 0 Å². The quantitative estimate of drug-likeness (QED) is 0.579. The SMILES string of the molecule is CC.Cc1cc2ccccc2cc1Cl. The predicted octanol–water partition coefficient (Wildman–Crippen LogP) is 4.83. The third kappa shape index (κ3) is 2.27. The van der Waals surface area contributed by atoms with E-state index >= 15 is 0 Å². The van der Waals surface area contributed by atoms with Crippen LogP contribution in [-0.4, -0.2) is 0 Å². The molecule has 1 heteroatoms. The van der Waals surface area contributed by atoms with Crippen LogP contribution in [0.3, 0.4) is 0 Å². The van der Waals surface area contributed by atoms with Crippen LogP contribution < -0.4 is 0 Å². The molecule has 0 fully saturated rings. The van der Waals surface area contributed by atoms with Gasteiger partial charge in [0.05, 0.1) is 0 Å². The van der Waals surface area contributed by atoms with Gasteiger partial charge >= 0.3 is 0 Å². The van der Waals surface area contributed by atoms with Crippen molar-refractivity contribution in [3.05, 3.63) is 47.0 Å². The van der Waals surface area contributed by atoms with Crippen molar-refractivity contribution in [1.82, 2.24) is 0 Å². The highest BCUT2D eigenvalue weighted by Gasteiger charge is 1.96. The van der Waals surface area contributed by atoms with Gasteiger partial charge in [-0.1, -0.05) is 49.7 Å². The molecule has 0 heterocycles. The Hall–Kier alpha value is -1.01. The number of halogens is 1. The second-order valence-corrected chi connectivity index (χ2v) is 3.36. The van der Waals surface area contributed by atoms with Crippen molar-refractivity contribution in [2.24, 2.45) is 0 Å². The zero-order valence-corrected chi connectivity index (χ0v) is 9.60. The molecular formula is C13H15Cl. The van der Waals surface area contributed by atoms with Gasteiger partial charge in [-0.15, -0.1) is 0 Å². The predicted molar refractivity (Wildman–Crippen MR) is 65.0 cm³/mol. The highest BCUT2D eigenvalue weighted by molar-refractivity contribution is 6.32. The second-order valence-electron chi connectivity index (χ2n) is 2.95. The molecule has 14 heavy (non-hydrogen) atoms. The van der Waals surface area contributed by atoms with Gasteiger partial charge in [0, 0.05) is 5.02 Å². The summed E-state index contributed by atoms with van der Waals surface area (Å²) in [6.07, 6.45) is 0. The van der Waals surface area contributed by atoms with Crippen LogP contribution in [0.1, 0.15) is 19.4 Å². The fraction of sp³-hybridized carbons (Fsp3) is 0.231. The summed E-state index contributed by atoms with van der Waals surface area (Å²) in [6.45, 7) is 6.02. The standard InChI is InChI=1S/C11H9Cl.C2H6/c1-8-6-9-4-2-3-5-10(9)7-11(8)12;1-2/h2-7H,1H3;1-2H3. The number of hydrogen-bond acceptors (Lipinski definition) is 0. The summed E-state index contributed by atoms with van der Waals surface area (Å²) in [4.78, 5) is 0. The van der Waals surface area contributed by atoms with Gasteiger partial charge in [0.15, 0.2) is 0 Å². The van der Waals surface area contributed by atoms with E-state index in [9.17, 15) is 0 Å². The molecule has 0 bridgehead atoms. The molecule has 0 aliphatic heterocycles. The molecular weight excluding hydrogens is 192 g/mol. The summed E-state index contributed by atoms with van der Waals surface area (Å²) in [5.41, 5.74) is 1.13. The first-order valence-corrected chi connectivity index (χ1v) is 5.30. The van der Waals surface area contributed by atoms with Gasteiger partial charge in [-0.05, 0) is 35.4 Å². The highest BCUT2D eigenvalue weighted by Crippen LogP contribution is 2.22. The van der Waals surface area contributed by atoms with Crippen molar-refractivity contribution in [2.75, 3.05) is 0 Å². The number of aryl methyl sites for hydroxylation is 1. The van der Waals surface area contributed by atoms with Crippen molar-refractivity contribution in [2.45, 2.75) is 20.8 Å². The minimum atomic E-state index is 0.841. The number of fused-ring (bicyclic) bond motifs is 1. The molecule has 0 unspecified atom stereocenters. The first kappa shape index (κ1) is 11.1. The zero-order valence-electron chi connectivity index (χ0n) is 8.84. The Morgan fingerprint density at radius 3 is 2.00 bits per heavy atom. The van der Waals surface area contributed by atoms with Crippen molar-refractivity contribution in [3.8, 4) is 0 Å². The lowest BCUT2D eigenvalue weighted by Crippen LogP contribution is -1.76. The van der Waals surface area contributed by atoms with Crippen molar-refractivity contribution >= 4 is 22.4 Å². The number of benzene rings is 2. The van der Waals surface area contributed by atoms with Crippen LogP contribution in [0, 0.1) is 6.92 Å². The maximum Gasteiger partial charge on any atom is 0.0441 e. The molecule has 2 aromatic carbocycles. The molecule has 0 aliphatic rings. The van der Waals surface area contributed by atoms with E-state index in [-0.39, 0.29) is 0 Å². The Balaban J connectivity index is 0.000000461. The van der Waals surface area contributed by atoms with Crippen LogP contribution in [0.2, 0.25) is 5.02 Å². The van der Waals surface area contributed by atoms with E-state index in [0.29, 0.717) is 0 Å². The molecule has 0 saturated heterocycles. The van der Waals surface area contributed by atoms with Gasteiger partial charge in [0.25, 0.3) is 0 Å². The Labute approximate surface area is 90.5 Å². The van der Waals surface area contributed by atoms with Crippen molar-refractivity contribution in [1.29, 1.82) is 0 Å². The van der Waals surface area contributed by atoms with Crippen LogP contribution in [0.25, 0.3) is 10.8 Å². The van der Waals surface area contributed by atoms with E-state index < -0.39 is 0 Å². The van der Waals surface area contributed by atoms with E-state index in [4.69, 9.17) is 11.6 Å². The first-order chi connectivity index (χ1) is 6.77. The highest BCUT2D eigenvalue weighted by atomic mass is 35.5. The topological polar surface area (TPSA) is 0 Å². The summed E-state index contributed by atoms with van der Waals surface area (Å²) in [6, 6.07) is 12.3. The summed E-state index contributed by atoms with van der Waals surface area (Å²) in [5.74, 6) is 0. The average molecular weight is 207 g/mol. The number of rotatable bonds is 0. The summed E-state index contributed by atoms with van der Waals surface area (Å²) in [5, 5.41) is 3.29. The monoisotopic (exact) mass is 206 g/mol. The lowest BCUT2D eigenvalue weighted by Gasteiger charge is -2.00. The van der Waals surface area contributed by atoms with Crippen molar-refractivity contribution < 1.29 is 0 Å². The van der Waals surface area contributed by atoms with E-state index in [2.05, 4.69) is 18.2 Å². The molecule has 0 saturated carbocycles. The van der Waals surface area contributed by atoms with Crippen LogP contribution in [0.15, 0.2) is 36.4 Å². The molecule has 74 valence electrons. The molecule has 0 N–H and O–H groups in total. The second kappa shape index (κ2) is 5.02. The third-order valence-electron chi connectivity index (χ3n) is 2.03. The molecule has 0 amide bonds. The summed E-state index contributed by atoms with van der Waals surface area (Å²) >= 11 is 5.99. The van der Waals surface area contributed by atoms with Crippen LogP contribution in [-0.2, 0) is 0 Å². The molecule has 2 aromatic rings.